The Hall–Kier alpha value is -1.94. The molecule has 18 heavy (non-hydrogen) atoms. The van der Waals surface area contributed by atoms with Gasteiger partial charge in [-0.05, 0) is 40.2 Å². The van der Waals surface area contributed by atoms with Gasteiger partial charge >= 0.3 is 0 Å². The molecule has 0 unspecified atom stereocenters. The normalized spacial score (nSPS) is 10.5. The minimum absolute atomic E-state index is 0.895. The van der Waals surface area contributed by atoms with Crippen LogP contribution in [-0.2, 0) is 0 Å². The van der Waals surface area contributed by atoms with Gasteiger partial charge < -0.3 is 0 Å². The lowest BCUT2D eigenvalue weighted by Gasteiger charge is -1.99. The zero-order valence-electron chi connectivity index (χ0n) is 9.49. The molecule has 3 aromatic rings. The lowest BCUT2D eigenvalue weighted by Crippen LogP contribution is -1.94. The highest BCUT2D eigenvalue weighted by Gasteiger charge is 2.09. The number of hydrogen-bond acceptors (Lipinski definition) is 2. The summed E-state index contributed by atoms with van der Waals surface area (Å²) in [5, 5.41) is 4.58. The molecular formula is C14H10BrN3. The molecule has 0 spiro atoms. The molecule has 0 saturated heterocycles. The minimum Gasteiger partial charge on any atom is -0.264 e. The third-order valence-corrected chi connectivity index (χ3v) is 3.21. The van der Waals surface area contributed by atoms with Crippen LogP contribution in [-0.4, -0.2) is 14.8 Å². The number of rotatable bonds is 2. The molecule has 0 N–H and O–H groups in total. The van der Waals surface area contributed by atoms with Gasteiger partial charge in [0.25, 0.3) is 0 Å². The second-order valence-corrected chi connectivity index (χ2v) is 4.70. The van der Waals surface area contributed by atoms with Crippen LogP contribution >= 0.6 is 15.9 Å². The van der Waals surface area contributed by atoms with Crippen molar-refractivity contribution in [2.75, 3.05) is 0 Å². The maximum absolute atomic E-state index is 4.58. The molecule has 0 atom stereocenters. The minimum atomic E-state index is 0.895. The first-order chi connectivity index (χ1) is 8.84. The quantitative estimate of drug-likeness (QED) is 0.722. The van der Waals surface area contributed by atoms with Gasteiger partial charge in [0.05, 0.1) is 10.2 Å². The third-order valence-electron chi connectivity index (χ3n) is 2.63. The van der Waals surface area contributed by atoms with Crippen LogP contribution in [0.4, 0.5) is 0 Å². The Bertz CT molecular complexity index is 647. The Morgan fingerprint density at radius 1 is 1.00 bits per heavy atom. The summed E-state index contributed by atoms with van der Waals surface area (Å²) in [6, 6.07) is 13.9. The summed E-state index contributed by atoms with van der Waals surface area (Å²) < 4.78 is 2.81. The van der Waals surface area contributed by atoms with Crippen LogP contribution in [0, 0.1) is 0 Å². The maximum atomic E-state index is 4.58. The Morgan fingerprint density at radius 2 is 1.83 bits per heavy atom. The van der Waals surface area contributed by atoms with Crippen molar-refractivity contribution in [2.45, 2.75) is 0 Å². The fraction of sp³-hybridized carbons (Fsp3) is 0. The first kappa shape index (κ1) is 11.2. The zero-order chi connectivity index (χ0) is 12.4. The molecule has 0 radical (unpaired) electrons. The molecule has 0 fully saturated rings. The van der Waals surface area contributed by atoms with Gasteiger partial charge in [0, 0.05) is 24.2 Å². The molecule has 88 valence electrons. The highest BCUT2D eigenvalue weighted by Crippen LogP contribution is 2.27. The van der Waals surface area contributed by atoms with Crippen LogP contribution < -0.4 is 0 Å². The molecular weight excluding hydrogens is 290 g/mol. The second kappa shape index (κ2) is 4.74. The van der Waals surface area contributed by atoms with Crippen molar-refractivity contribution >= 4 is 15.9 Å². The number of aromatic nitrogens is 3. The van der Waals surface area contributed by atoms with Crippen LogP contribution in [0.3, 0.4) is 0 Å². The fourth-order valence-electron chi connectivity index (χ4n) is 1.76. The first-order valence-corrected chi connectivity index (χ1v) is 6.35. The van der Waals surface area contributed by atoms with Crippen molar-refractivity contribution in [1.82, 2.24) is 14.8 Å². The summed E-state index contributed by atoms with van der Waals surface area (Å²) in [5.74, 6) is 0. The molecule has 2 heterocycles. The van der Waals surface area contributed by atoms with Gasteiger partial charge in [-0.1, -0.05) is 18.2 Å². The number of benzene rings is 1. The van der Waals surface area contributed by atoms with Gasteiger partial charge in [-0.25, -0.2) is 4.68 Å². The van der Waals surface area contributed by atoms with Crippen molar-refractivity contribution in [3.63, 3.8) is 0 Å². The van der Waals surface area contributed by atoms with E-state index >= 15 is 0 Å². The zero-order valence-corrected chi connectivity index (χ0v) is 11.1. The number of para-hydroxylation sites is 1. The summed E-state index contributed by atoms with van der Waals surface area (Å²) in [6.45, 7) is 0. The van der Waals surface area contributed by atoms with Crippen LogP contribution in [0.2, 0.25) is 0 Å². The summed E-state index contributed by atoms with van der Waals surface area (Å²) in [4.78, 5) is 4.11. The van der Waals surface area contributed by atoms with E-state index in [1.165, 1.54) is 0 Å². The average molecular weight is 300 g/mol. The number of nitrogens with zero attached hydrogens (tertiary/aromatic N) is 3. The molecule has 0 amide bonds. The summed E-state index contributed by atoms with van der Waals surface area (Å²) in [6.07, 6.45) is 5.52. The summed E-state index contributed by atoms with van der Waals surface area (Å²) >= 11 is 3.54. The van der Waals surface area contributed by atoms with Crippen molar-refractivity contribution in [1.29, 1.82) is 0 Å². The smallest absolute Gasteiger partial charge is 0.108 e. The molecule has 0 saturated carbocycles. The van der Waals surface area contributed by atoms with Crippen molar-refractivity contribution in [2.24, 2.45) is 0 Å². The van der Waals surface area contributed by atoms with Gasteiger partial charge in [-0.15, -0.1) is 0 Å². The van der Waals surface area contributed by atoms with Crippen molar-refractivity contribution in [3.8, 4) is 16.9 Å². The Kier molecular flexibility index (Phi) is 2.94. The summed E-state index contributed by atoms with van der Waals surface area (Å²) in [7, 11) is 0. The molecule has 4 heteroatoms. The molecule has 3 rings (SSSR count). The largest absolute Gasteiger partial charge is 0.264 e. The van der Waals surface area contributed by atoms with Crippen LogP contribution in [0.5, 0.6) is 0 Å². The van der Waals surface area contributed by atoms with Gasteiger partial charge in [0.1, 0.15) is 5.69 Å². The third kappa shape index (κ3) is 2.07. The molecule has 1 aromatic carbocycles. The van der Waals surface area contributed by atoms with Crippen LogP contribution in [0.25, 0.3) is 16.9 Å². The second-order valence-electron chi connectivity index (χ2n) is 3.85. The molecule has 0 aliphatic heterocycles. The van der Waals surface area contributed by atoms with E-state index in [1.54, 1.807) is 6.20 Å². The van der Waals surface area contributed by atoms with Gasteiger partial charge in [-0.3, -0.25) is 4.98 Å². The van der Waals surface area contributed by atoms with E-state index in [-0.39, 0.29) is 0 Å². The van der Waals surface area contributed by atoms with Gasteiger partial charge in [0.15, 0.2) is 0 Å². The van der Waals surface area contributed by atoms with Crippen molar-refractivity contribution < 1.29 is 0 Å². The van der Waals surface area contributed by atoms with E-state index in [4.69, 9.17) is 0 Å². The fourth-order valence-corrected chi connectivity index (χ4v) is 2.27. The molecule has 2 aromatic heterocycles. The van der Waals surface area contributed by atoms with E-state index < -0.39 is 0 Å². The van der Waals surface area contributed by atoms with Crippen molar-refractivity contribution in [3.05, 3.63) is 65.5 Å². The lowest BCUT2D eigenvalue weighted by atomic mass is 10.2. The standard InChI is InChI=1S/C14H10BrN3/c15-13-10-18(12-6-2-1-3-7-12)17-14(13)11-5-4-8-16-9-11/h1-10H. The molecule has 0 bridgehead atoms. The highest BCUT2D eigenvalue weighted by atomic mass is 79.9. The SMILES string of the molecule is Brc1cn(-c2ccccc2)nc1-c1cccnc1. The van der Waals surface area contributed by atoms with Crippen LogP contribution in [0.15, 0.2) is 65.5 Å². The molecule has 0 aliphatic carbocycles. The predicted octanol–water partition coefficient (Wildman–Crippen LogP) is 3.70. The first-order valence-electron chi connectivity index (χ1n) is 5.55. The maximum Gasteiger partial charge on any atom is 0.108 e. The number of halogens is 1. The van der Waals surface area contributed by atoms with E-state index in [1.807, 2.05) is 59.5 Å². The van der Waals surface area contributed by atoms with E-state index in [9.17, 15) is 0 Å². The Labute approximate surface area is 113 Å². The average Bonchev–Trinajstić information content (AvgIpc) is 2.83. The molecule has 3 nitrogen and oxygen atoms in total. The number of pyridine rings is 1. The Morgan fingerprint density at radius 3 is 2.56 bits per heavy atom. The molecule has 0 aliphatic rings. The topological polar surface area (TPSA) is 30.7 Å². The summed E-state index contributed by atoms with van der Waals surface area (Å²) in [5.41, 5.74) is 2.93. The Balaban J connectivity index is 2.07. The van der Waals surface area contributed by atoms with E-state index in [0.717, 1.165) is 21.4 Å². The van der Waals surface area contributed by atoms with Gasteiger partial charge in [0.2, 0.25) is 0 Å². The van der Waals surface area contributed by atoms with Crippen LogP contribution in [0.1, 0.15) is 0 Å². The monoisotopic (exact) mass is 299 g/mol. The number of hydrogen-bond donors (Lipinski definition) is 0. The van der Waals surface area contributed by atoms with E-state index in [0.29, 0.717) is 0 Å². The highest BCUT2D eigenvalue weighted by molar-refractivity contribution is 9.10. The van der Waals surface area contributed by atoms with E-state index in [2.05, 4.69) is 26.0 Å². The lowest BCUT2D eigenvalue weighted by molar-refractivity contribution is 0.884. The van der Waals surface area contributed by atoms with Gasteiger partial charge in [-0.2, -0.15) is 5.10 Å². The predicted molar refractivity (Wildman–Crippen MR) is 74.5 cm³/mol.